The van der Waals surface area contributed by atoms with E-state index in [1.807, 2.05) is 31.2 Å². The van der Waals surface area contributed by atoms with Crippen LogP contribution in [0.5, 0.6) is 5.75 Å². The minimum Gasteiger partial charge on any atom is -0.493 e. The van der Waals surface area contributed by atoms with Gasteiger partial charge in [-0.3, -0.25) is 14.4 Å². The number of ketones is 1. The molecule has 27 heavy (non-hydrogen) atoms. The number of aliphatic hydroxyl groups is 1. The van der Waals surface area contributed by atoms with Crippen LogP contribution in [-0.4, -0.2) is 29.5 Å². The Bertz CT molecular complexity index is 837. The standard InChI is InChI=1S/C20H21NO5S/c1-2-14(22)9-10-25-15-5-8-17-18(11-15)21(20(24)19(17)23)26-12-13-3-6-16(27)7-4-13/h3-8,11,14,22,27H,2,9-10,12H2,1H3. The van der Waals surface area contributed by atoms with Crippen molar-refractivity contribution in [2.45, 2.75) is 37.4 Å². The van der Waals surface area contributed by atoms with E-state index in [0.29, 0.717) is 30.9 Å². The molecule has 0 spiro atoms. The second-order valence-electron chi connectivity index (χ2n) is 6.25. The van der Waals surface area contributed by atoms with Crippen molar-refractivity contribution in [2.24, 2.45) is 0 Å². The number of Topliss-reactive ketones (excluding diaryl/α,β-unsaturated/α-hetero) is 1. The van der Waals surface area contributed by atoms with Gasteiger partial charge in [0.2, 0.25) is 0 Å². The molecule has 1 atom stereocenters. The van der Waals surface area contributed by atoms with Gasteiger partial charge in [-0.05, 0) is 36.2 Å². The molecule has 1 aliphatic rings. The topological polar surface area (TPSA) is 76.1 Å². The largest absolute Gasteiger partial charge is 0.493 e. The highest BCUT2D eigenvalue weighted by molar-refractivity contribution is 7.80. The van der Waals surface area contributed by atoms with E-state index in [0.717, 1.165) is 15.5 Å². The predicted octanol–water partition coefficient (Wildman–Crippen LogP) is 3.18. The van der Waals surface area contributed by atoms with Crippen LogP contribution < -0.4 is 9.80 Å². The number of hydroxylamine groups is 1. The Morgan fingerprint density at radius 2 is 1.89 bits per heavy atom. The van der Waals surface area contributed by atoms with Crippen LogP contribution in [0.4, 0.5) is 5.69 Å². The van der Waals surface area contributed by atoms with Gasteiger partial charge in [0.15, 0.2) is 0 Å². The summed E-state index contributed by atoms with van der Waals surface area (Å²) in [6.07, 6.45) is 0.755. The molecule has 1 N–H and O–H groups in total. The monoisotopic (exact) mass is 387 g/mol. The molecule has 2 aromatic carbocycles. The number of anilines is 1. The molecule has 2 aromatic rings. The highest BCUT2D eigenvalue weighted by atomic mass is 32.1. The lowest BCUT2D eigenvalue weighted by atomic mass is 10.1. The summed E-state index contributed by atoms with van der Waals surface area (Å²) in [6.45, 7) is 2.38. The fourth-order valence-electron chi connectivity index (χ4n) is 2.65. The Labute approximate surface area is 163 Å². The Morgan fingerprint density at radius 3 is 2.59 bits per heavy atom. The molecule has 0 saturated heterocycles. The van der Waals surface area contributed by atoms with Crippen LogP contribution >= 0.6 is 12.6 Å². The van der Waals surface area contributed by atoms with Gasteiger partial charge in [0, 0.05) is 17.4 Å². The van der Waals surface area contributed by atoms with Crippen molar-refractivity contribution >= 4 is 30.0 Å². The highest BCUT2D eigenvalue weighted by Crippen LogP contribution is 2.33. The zero-order valence-corrected chi connectivity index (χ0v) is 15.8. The molecule has 0 radical (unpaired) electrons. The zero-order valence-electron chi connectivity index (χ0n) is 14.9. The molecule has 0 fully saturated rings. The summed E-state index contributed by atoms with van der Waals surface area (Å²) in [5.74, 6) is -0.828. The lowest BCUT2D eigenvalue weighted by molar-refractivity contribution is -0.121. The van der Waals surface area contributed by atoms with E-state index in [1.165, 1.54) is 0 Å². The van der Waals surface area contributed by atoms with Gasteiger partial charge in [-0.15, -0.1) is 12.6 Å². The molecular weight excluding hydrogens is 366 g/mol. The van der Waals surface area contributed by atoms with E-state index >= 15 is 0 Å². The molecule has 142 valence electrons. The number of amides is 1. The van der Waals surface area contributed by atoms with Gasteiger partial charge in [0.25, 0.3) is 5.78 Å². The predicted molar refractivity (Wildman–Crippen MR) is 103 cm³/mol. The number of fused-ring (bicyclic) bond motifs is 1. The van der Waals surface area contributed by atoms with Crippen molar-refractivity contribution < 1.29 is 24.3 Å². The molecule has 0 saturated carbocycles. The van der Waals surface area contributed by atoms with Crippen LogP contribution in [0.3, 0.4) is 0 Å². The highest BCUT2D eigenvalue weighted by Gasteiger charge is 2.37. The molecule has 6 nitrogen and oxygen atoms in total. The molecular formula is C20H21NO5S. The molecule has 3 rings (SSSR count). The lowest BCUT2D eigenvalue weighted by Gasteiger charge is -2.17. The second kappa shape index (κ2) is 8.56. The fraction of sp³-hybridized carbons (Fsp3) is 0.300. The van der Waals surface area contributed by atoms with Crippen LogP contribution in [0, 0.1) is 0 Å². The van der Waals surface area contributed by atoms with Gasteiger partial charge in [-0.1, -0.05) is 19.1 Å². The summed E-state index contributed by atoms with van der Waals surface area (Å²) in [5, 5.41) is 10.6. The van der Waals surface area contributed by atoms with Crippen LogP contribution in [0.2, 0.25) is 0 Å². The molecule has 0 bridgehead atoms. The van der Waals surface area contributed by atoms with Gasteiger partial charge in [-0.2, -0.15) is 5.06 Å². The number of benzene rings is 2. The van der Waals surface area contributed by atoms with Gasteiger partial charge in [0.1, 0.15) is 12.4 Å². The van der Waals surface area contributed by atoms with E-state index in [2.05, 4.69) is 12.6 Å². The first-order valence-corrected chi connectivity index (χ1v) is 9.19. The van der Waals surface area contributed by atoms with Crippen molar-refractivity contribution in [3.05, 3.63) is 53.6 Å². The van der Waals surface area contributed by atoms with Gasteiger partial charge >= 0.3 is 5.91 Å². The number of ether oxygens (including phenoxy) is 1. The Morgan fingerprint density at radius 1 is 1.15 bits per heavy atom. The van der Waals surface area contributed by atoms with E-state index in [-0.39, 0.29) is 12.2 Å². The number of carbonyl (C=O) groups is 2. The summed E-state index contributed by atoms with van der Waals surface area (Å²) >= 11 is 4.23. The van der Waals surface area contributed by atoms with Crippen LogP contribution in [-0.2, 0) is 16.2 Å². The normalized spacial score (nSPS) is 14.4. The van der Waals surface area contributed by atoms with Gasteiger partial charge in [0.05, 0.1) is 24.0 Å². The number of carbonyl (C=O) groups excluding carboxylic acids is 2. The number of aliphatic hydroxyl groups excluding tert-OH is 1. The minimum absolute atomic E-state index is 0.139. The molecule has 7 heteroatoms. The van der Waals surface area contributed by atoms with E-state index in [1.54, 1.807) is 18.2 Å². The molecule has 1 unspecified atom stereocenters. The van der Waals surface area contributed by atoms with Crippen molar-refractivity contribution in [1.82, 2.24) is 0 Å². The molecule has 0 aliphatic carbocycles. The maximum absolute atomic E-state index is 12.3. The second-order valence-corrected chi connectivity index (χ2v) is 6.76. The number of rotatable bonds is 8. The minimum atomic E-state index is -0.727. The maximum atomic E-state index is 12.3. The first kappa shape index (κ1) is 19.4. The van der Waals surface area contributed by atoms with E-state index < -0.39 is 17.8 Å². The summed E-state index contributed by atoms with van der Waals surface area (Å²) in [4.78, 5) is 30.8. The average Bonchev–Trinajstić information content (AvgIpc) is 2.91. The lowest BCUT2D eigenvalue weighted by Crippen LogP contribution is -2.29. The van der Waals surface area contributed by atoms with Crippen molar-refractivity contribution in [3.63, 3.8) is 0 Å². The molecule has 1 amide bonds. The SMILES string of the molecule is CCC(O)CCOc1ccc2c(c1)N(OCc1ccc(S)cc1)C(=O)C2=O. The summed E-state index contributed by atoms with van der Waals surface area (Å²) in [6, 6.07) is 12.1. The van der Waals surface area contributed by atoms with Crippen molar-refractivity contribution in [3.8, 4) is 5.75 Å². The third-order valence-corrected chi connectivity index (χ3v) is 4.60. The van der Waals surface area contributed by atoms with Crippen molar-refractivity contribution in [1.29, 1.82) is 0 Å². The smallest absolute Gasteiger partial charge is 0.323 e. The quantitative estimate of drug-likeness (QED) is 0.537. The number of thiol groups is 1. The van der Waals surface area contributed by atoms with Gasteiger partial charge in [-0.25, -0.2) is 0 Å². The summed E-state index contributed by atoms with van der Waals surface area (Å²) in [5.41, 5.74) is 1.50. The fourth-order valence-corrected chi connectivity index (χ4v) is 2.80. The first-order valence-electron chi connectivity index (χ1n) is 8.74. The van der Waals surface area contributed by atoms with Gasteiger partial charge < -0.3 is 9.84 Å². The third kappa shape index (κ3) is 4.50. The third-order valence-electron chi connectivity index (χ3n) is 4.30. The molecule has 0 aromatic heterocycles. The summed E-state index contributed by atoms with van der Waals surface area (Å²) < 4.78 is 5.63. The van der Waals surface area contributed by atoms with Crippen molar-refractivity contribution in [2.75, 3.05) is 11.7 Å². The molecule has 1 heterocycles. The number of hydrogen-bond donors (Lipinski definition) is 2. The van der Waals surface area contributed by atoms with Crippen LogP contribution in [0.1, 0.15) is 35.7 Å². The Hall–Kier alpha value is -2.35. The van der Waals surface area contributed by atoms with E-state index in [4.69, 9.17) is 9.57 Å². The number of nitrogens with zero attached hydrogens (tertiary/aromatic N) is 1. The van der Waals surface area contributed by atoms with Crippen LogP contribution in [0.15, 0.2) is 47.4 Å². The Balaban J connectivity index is 1.71. The van der Waals surface area contributed by atoms with Crippen LogP contribution in [0.25, 0.3) is 0 Å². The first-order chi connectivity index (χ1) is 13.0. The average molecular weight is 387 g/mol. The zero-order chi connectivity index (χ0) is 19.4. The molecule has 1 aliphatic heterocycles. The Kier molecular flexibility index (Phi) is 6.15. The number of hydrogen-bond acceptors (Lipinski definition) is 6. The summed E-state index contributed by atoms with van der Waals surface area (Å²) in [7, 11) is 0. The van der Waals surface area contributed by atoms with E-state index in [9.17, 15) is 14.7 Å². The maximum Gasteiger partial charge on any atom is 0.323 e.